The van der Waals surface area contributed by atoms with Gasteiger partial charge < -0.3 is 24.8 Å². The Morgan fingerprint density at radius 3 is 2.86 bits per heavy atom. The summed E-state index contributed by atoms with van der Waals surface area (Å²) in [6.45, 7) is 2.51. The normalized spacial score (nSPS) is 12.9. The summed E-state index contributed by atoms with van der Waals surface area (Å²) < 4.78 is 15.8. The Hall–Kier alpha value is -1.66. The number of hydrogen-bond acceptors (Lipinski definition) is 4. The fraction of sp³-hybridized carbons (Fsp3) is 0.500. The Kier molecular flexibility index (Phi) is 5.95. The molecule has 0 fully saturated rings. The Bertz CT molecular complexity index is 496. The zero-order chi connectivity index (χ0) is 15.1. The molecule has 0 spiro atoms. The first-order valence-electron chi connectivity index (χ1n) is 6.79. The van der Waals surface area contributed by atoms with E-state index >= 15 is 0 Å². The summed E-state index contributed by atoms with van der Waals surface area (Å²) in [5.41, 5.74) is 0.987. The van der Waals surface area contributed by atoms with Gasteiger partial charge in [0.1, 0.15) is 13.2 Å². The lowest BCUT2D eigenvalue weighted by molar-refractivity contribution is 0.171. The van der Waals surface area contributed by atoms with Crippen LogP contribution in [0.1, 0.15) is 5.56 Å². The summed E-state index contributed by atoms with van der Waals surface area (Å²) in [6.07, 6.45) is 0.661. The molecule has 0 atom stereocenters. The van der Waals surface area contributed by atoms with Gasteiger partial charge in [0, 0.05) is 20.2 Å². The van der Waals surface area contributed by atoms with Crippen molar-refractivity contribution in [3.63, 3.8) is 0 Å². The second-order valence-corrected chi connectivity index (χ2v) is 4.93. The number of rotatable bonds is 6. The molecule has 1 heterocycles. The maximum Gasteiger partial charge on any atom is 0.314 e. The highest BCUT2D eigenvalue weighted by molar-refractivity contribution is 6.32. The van der Waals surface area contributed by atoms with E-state index in [4.69, 9.17) is 25.8 Å². The van der Waals surface area contributed by atoms with Gasteiger partial charge in [-0.25, -0.2) is 4.79 Å². The molecule has 0 unspecified atom stereocenters. The molecular weight excluding hydrogens is 296 g/mol. The Morgan fingerprint density at radius 2 is 2.05 bits per heavy atom. The topological polar surface area (TPSA) is 68.8 Å². The number of halogens is 1. The van der Waals surface area contributed by atoms with Crippen LogP contribution in [0.4, 0.5) is 4.79 Å². The molecule has 0 aliphatic carbocycles. The van der Waals surface area contributed by atoms with Crippen LogP contribution in [0.2, 0.25) is 5.02 Å². The number of methoxy groups -OCH3 is 1. The van der Waals surface area contributed by atoms with E-state index in [1.807, 2.05) is 12.1 Å². The second-order valence-electron chi connectivity index (χ2n) is 4.53. The van der Waals surface area contributed by atoms with E-state index in [-0.39, 0.29) is 6.03 Å². The summed E-state index contributed by atoms with van der Waals surface area (Å²) in [6, 6.07) is 3.51. The molecule has 116 valence electrons. The molecule has 1 aromatic carbocycles. The predicted molar refractivity (Wildman–Crippen MR) is 79.4 cm³/mol. The number of benzene rings is 1. The molecule has 6 nitrogen and oxygen atoms in total. The van der Waals surface area contributed by atoms with E-state index in [9.17, 15) is 4.79 Å². The molecule has 0 saturated carbocycles. The van der Waals surface area contributed by atoms with Crippen molar-refractivity contribution >= 4 is 17.6 Å². The van der Waals surface area contributed by atoms with Gasteiger partial charge in [0.25, 0.3) is 0 Å². The van der Waals surface area contributed by atoms with Crippen LogP contribution in [0.3, 0.4) is 0 Å². The minimum absolute atomic E-state index is 0.212. The van der Waals surface area contributed by atoms with Crippen LogP contribution in [0, 0.1) is 0 Å². The Balaban J connectivity index is 1.81. The van der Waals surface area contributed by atoms with Crippen LogP contribution >= 0.6 is 11.6 Å². The maximum absolute atomic E-state index is 11.5. The van der Waals surface area contributed by atoms with Crippen molar-refractivity contribution in [1.82, 2.24) is 10.6 Å². The van der Waals surface area contributed by atoms with Gasteiger partial charge in [-0.15, -0.1) is 0 Å². The van der Waals surface area contributed by atoms with Crippen LogP contribution < -0.4 is 20.1 Å². The number of nitrogens with one attached hydrogen (secondary N) is 2. The average molecular weight is 315 g/mol. The van der Waals surface area contributed by atoms with Gasteiger partial charge in [0.2, 0.25) is 0 Å². The SMILES string of the molecule is COCCNC(=O)NCCc1cc(Cl)c2c(c1)OCCO2. The summed E-state index contributed by atoms with van der Waals surface area (Å²) in [7, 11) is 1.59. The zero-order valence-corrected chi connectivity index (χ0v) is 12.7. The number of carbonyl (C=O) groups excluding carboxylic acids is 1. The third-order valence-corrected chi connectivity index (χ3v) is 3.23. The molecule has 0 bridgehead atoms. The summed E-state index contributed by atoms with van der Waals surface area (Å²) in [4.78, 5) is 11.5. The Labute approximate surface area is 128 Å². The van der Waals surface area contributed by atoms with E-state index < -0.39 is 0 Å². The largest absolute Gasteiger partial charge is 0.486 e. The lowest BCUT2D eigenvalue weighted by Crippen LogP contribution is -2.38. The van der Waals surface area contributed by atoms with E-state index in [1.54, 1.807) is 7.11 Å². The summed E-state index contributed by atoms with van der Waals surface area (Å²) >= 11 is 6.15. The molecule has 0 radical (unpaired) electrons. The molecule has 1 aromatic rings. The van der Waals surface area contributed by atoms with Crippen LogP contribution in [0.25, 0.3) is 0 Å². The number of amides is 2. The van der Waals surface area contributed by atoms with Crippen LogP contribution in [0.5, 0.6) is 11.5 Å². The standard InChI is InChI=1S/C14H19ClN2O4/c1-19-5-4-17-14(18)16-3-2-10-8-11(15)13-12(9-10)20-6-7-21-13/h8-9H,2-7H2,1H3,(H2,16,17,18). The van der Waals surface area contributed by atoms with Crippen molar-refractivity contribution in [3.8, 4) is 11.5 Å². The van der Waals surface area contributed by atoms with Crippen LogP contribution in [0.15, 0.2) is 12.1 Å². The lowest BCUT2D eigenvalue weighted by atomic mass is 10.1. The van der Waals surface area contributed by atoms with Crippen molar-refractivity contribution in [1.29, 1.82) is 0 Å². The van der Waals surface area contributed by atoms with Gasteiger partial charge in [-0.05, 0) is 24.1 Å². The number of ether oxygens (including phenoxy) is 3. The molecule has 2 rings (SSSR count). The third-order valence-electron chi connectivity index (χ3n) is 2.95. The van der Waals surface area contributed by atoms with Crippen molar-refractivity contribution in [2.24, 2.45) is 0 Å². The van der Waals surface area contributed by atoms with Crippen molar-refractivity contribution in [3.05, 3.63) is 22.7 Å². The fourth-order valence-corrected chi connectivity index (χ4v) is 2.25. The van der Waals surface area contributed by atoms with Gasteiger partial charge in [0.05, 0.1) is 11.6 Å². The number of hydrogen-bond donors (Lipinski definition) is 2. The van der Waals surface area contributed by atoms with Gasteiger partial charge >= 0.3 is 6.03 Å². The number of carbonyl (C=O) groups is 1. The zero-order valence-electron chi connectivity index (χ0n) is 11.9. The van der Waals surface area contributed by atoms with Crippen LogP contribution in [-0.2, 0) is 11.2 Å². The summed E-state index contributed by atoms with van der Waals surface area (Å²) in [5.74, 6) is 1.25. The van der Waals surface area contributed by atoms with Crippen LogP contribution in [-0.4, -0.2) is 46.1 Å². The van der Waals surface area contributed by atoms with E-state index in [0.29, 0.717) is 55.9 Å². The average Bonchev–Trinajstić information content (AvgIpc) is 2.48. The second kappa shape index (κ2) is 7.95. The minimum Gasteiger partial charge on any atom is -0.486 e. The molecular formula is C14H19ClN2O4. The predicted octanol–water partition coefficient (Wildman–Crippen LogP) is 1.60. The van der Waals surface area contributed by atoms with Gasteiger partial charge in [-0.3, -0.25) is 0 Å². The maximum atomic E-state index is 11.5. The molecule has 1 aliphatic heterocycles. The molecule has 0 saturated heterocycles. The minimum atomic E-state index is -0.212. The highest BCUT2D eigenvalue weighted by Crippen LogP contribution is 2.38. The van der Waals surface area contributed by atoms with Gasteiger partial charge in [0.15, 0.2) is 11.5 Å². The number of urea groups is 1. The molecule has 7 heteroatoms. The monoisotopic (exact) mass is 314 g/mol. The third kappa shape index (κ3) is 4.68. The summed E-state index contributed by atoms with van der Waals surface area (Å²) in [5, 5.41) is 5.99. The highest BCUT2D eigenvalue weighted by atomic mass is 35.5. The smallest absolute Gasteiger partial charge is 0.314 e. The van der Waals surface area contributed by atoms with E-state index in [1.165, 1.54) is 0 Å². The first-order chi connectivity index (χ1) is 10.2. The molecule has 1 aliphatic rings. The molecule has 21 heavy (non-hydrogen) atoms. The molecule has 2 N–H and O–H groups in total. The first kappa shape index (κ1) is 15.7. The first-order valence-corrected chi connectivity index (χ1v) is 7.17. The van der Waals surface area contributed by atoms with Gasteiger partial charge in [-0.1, -0.05) is 11.6 Å². The lowest BCUT2D eigenvalue weighted by Gasteiger charge is -2.20. The Morgan fingerprint density at radius 1 is 1.29 bits per heavy atom. The van der Waals surface area contributed by atoms with Crippen molar-refractivity contribution in [2.75, 3.05) is 40.0 Å². The van der Waals surface area contributed by atoms with Crippen molar-refractivity contribution in [2.45, 2.75) is 6.42 Å². The fourth-order valence-electron chi connectivity index (χ4n) is 1.96. The quantitative estimate of drug-likeness (QED) is 0.783. The molecule has 0 aromatic heterocycles. The van der Waals surface area contributed by atoms with E-state index in [2.05, 4.69) is 10.6 Å². The van der Waals surface area contributed by atoms with E-state index in [0.717, 1.165) is 5.56 Å². The highest BCUT2D eigenvalue weighted by Gasteiger charge is 2.16. The van der Waals surface area contributed by atoms with Crippen molar-refractivity contribution < 1.29 is 19.0 Å². The molecule has 2 amide bonds. The van der Waals surface area contributed by atoms with Gasteiger partial charge in [-0.2, -0.15) is 0 Å². The number of fused-ring (bicyclic) bond motifs is 1.